The van der Waals surface area contributed by atoms with Gasteiger partial charge in [0.25, 0.3) is 0 Å². The highest BCUT2D eigenvalue weighted by Crippen LogP contribution is 2.37. The van der Waals surface area contributed by atoms with E-state index < -0.39 is 0 Å². The molecule has 2 aliphatic heterocycles. The molecule has 0 saturated heterocycles. The first-order valence-corrected chi connectivity index (χ1v) is 9.19. The fourth-order valence-electron chi connectivity index (χ4n) is 2.65. The average Bonchev–Trinajstić information content (AvgIpc) is 2.44. The van der Waals surface area contributed by atoms with Gasteiger partial charge in [-0.3, -0.25) is 0 Å². The molecule has 2 bridgehead atoms. The van der Waals surface area contributed by atoms with Gasteiger partial charge in [0.15, 0.2) is 0 Å². The van der Waals surface area contributed by atoms with E-state index in [2.05, 4.69) is 51.4 Å². The molecule has 116 valence electrons. The van der Waals surface area contributed by atoms with Gasteiger partial charge in [-0.1, -0.05) is 50.9 Å². The minimum Gasteiger partial charge on any atom is -0.491 e. The second kappa shape index (κ2) is 8.03. The highest BCUT2D eigenvalue weighted by atomic mass is 79.9. The molecule has 5 atom stereocenters. The van der Waals surface area contributed by atoms with Crippen LogP contribution in [-0.2, 0) is 9.47 Å². The molecule has 2 heterocycles. The molecule has 21 heavy (non-hydrogen) atoms. The minimum atomic E-state index is -0.151. The number of fused-ring (bicyclic) bond motifs is 2. The third-order valence-electron chi connectivity index (χ3n) is 3.69. The van der Waals surface area contributed by atoms with Crippen molar-refractivity contribution in [1.29, 1.82) is 0 Å². The van der Waals surface area contributed by atoms with Crippen LogP contribution >= 0.6 is 43.5 Å². The zero-order valence-electron chi connectivity index (χ0n) is 12.1. The first kappa shape index (κ1) is 17.4. The summed E-state index contributed by atoms with van der Waals surface area (Å²) in [6, 6.07) is 0. The number of halogens is 3. The lowest BCUT2D eigenvalue weighted by Gasteiger charge is -2.37. The maximum atomic E-state index is 6.37. The third kappa shape index (κ3) is 4.74. The van der Waals surface area contributed by atoms with Gasteiger partial charge in [-0.2, -0.15) is 0 Å². The van der Waals surface area contributed by atoms with Gasteiger partial charge in [0.2, 0.25) is 0 Å². The summed E-state index contributed by atoms with van der Waals surface area (Å²) in [4.78, 5) is 1.68. The van der Waals surface area contributed by atoms with Gasteiger partial charge in [-0.15, -0.1) is 17.3 Å². The molecular weight excluding hydrogens is 419 g/mol. The first-order valence-electron chi connectivity index (χ1n) is 7.04. The Morgan fingerprint density at radius 2 is 2.10 bits per heavy atom. The Labute approximate surface area is 148 Å². The molecular formula is C16H19Br2ClO2. The molecule has 0 unspecified atom stereocenters. The second-order valence-corrected chi connectivity index (χ2v) is 7.42. The van der Waals surface area contributed by atoms with Crippen molar-refractivity contribution in [2.45, 2.75) is 50.4 Å². The Kier molecular flexibility index (Phi) is 6.64. The molecule has 0 amide bonds. The molecule has 2 nitrogen and oxygen atoms in total. The molecule has 0 N–H and O–H groups in total. The largest absolute Gasteiger partial charge is 0.491 e. The molecule has 0 saturated carbocycles. The fraction of sp³-hybridized carbons (Fsp3) is 0.562. The van der Waals surface area contributed by atoms with E-state index in [4.69, 9.17) is 21.1 Å². The molecule has 2 aliphatic rings. The fourth-order valence-corrected chi connectivity index (χ4v) is 3.79. The maximum Gasteiger partial charge on any atom is 0.127 e. The van der Waals surface area contributed by atoms with Crippen LogP contribution in [-0.4, -0.2) is 23.7 Å². The molecule has 0 fully saturated rings. The summed E-state index contributed by atoms with van der Waals surface area (Å²) in [7, 11) is 0. The minimum absolute atomic E-state index is 0.00880. The van der Waals surface area contributed by atoms with E-state index in [1.54, 1.807) is 4.99 Å². The van der Waals surface area contributed by atoms with E-state index >= 15 is 0 Å². The summed E-state index contributed by atoms with van der Waals surface area (Å²) >= 11 is 13.2. The normalized spacial score (nSPS) is 38.0. The molecule has 2 rings (SSSR count). The van der Waals surface area contributed by atoms with Crippen LogP contribution in [0.2, 0.25) is 0 Å². The van der Waals surface area contributed by atoms with Crippen molar-refractivity contribution in [3.8, 4) is 0 Å². The monoisotopic (exact) mass is 436 g/mol. The lowest BCUT2D eigenvalue weighted by Crippen LogP contribution is -2.39. The van der Waals surface area contributed by atoms with Gasteiger partial charge in [0, 0.05) is 21.8 Å². The number of rotatable bonds is 1. The third-order valence-corrected chi connectivity index (χ3v) is 5.02. The van der Waals surface area contributed by atoms with Crippen LogP contribution in [0.3, 0.4) is 0 Å². The smallest absolute Gasteiger partial charge is 0.127 e. The zero-order chi connectivity index (χ0) is 15.4. The van der Waals surface area contributed by atoms with Crippen molar-refractivity contribution in [2.24, 2.45) is 5.92 Å². The maximum absolute atomic E-state index is 6.37. The van der Waals surface area contributed by atoms with Gasteiger partial charge in [0.1, 0.15) is 18.0 Å². The van der Waals surface area contributed by atoms with Crippen LogP contribution in [0.15, 0.2) is 39.2 Å². The van der Waals surface area contributed by atoms with Crippen LogP contribution in [0.4, 0.5) is 0 Å². The molecule has 0 spiro atoms. The van der Waals surface area contributed by atoms with Crippen LogP contribution < -0.4 is 0 Å². The number of allylic oxidation sites excluding steroid dienone is 3. The molecule has 0 aromatic rings. The molecule has 0 aromatic carbocycles. The van der Waals surface area contributed by atoms with Crippen molar-refractivity contribution in [2.75, 3.05) is 0 Å². The van der Waals surface area contributed by atoms with Crippen molar-refractivity contribution >= 4 is 43.5 Å². The van der Waals surface area contributed by atoms with Gasteiger partial charge in [0.05, 0.1) is 11.5 Å². The van der Waals surface area contributed by atoms with Crippen molar-refractivity contribution in [3.63, 3.8) is 0 Å². The Morgan fingerprint density at radius 1 is 1.33 bits per heavy atom. The van der Waals surface area contributed by atoms with E-state index in [0.29, 0.717) is 12.3 Å². The Bertz CT molecular complexity index is 495. The van der Waals surface area contributed by atoms with E-state index in [9.17, 15) is 0 Å². The summed E-state index contributed by atoms with van der Waals surface area (Å²) in [5, 5.41) is -0.109. The van der Waals surface area contributed by atoms with E-state index in [1.807, 2.05) is 18.2 Å². The quantitative estimate of drug-likeness (QED) is 0.309. The SMILES string of the molecule is C[C@@H]1O[C@H](C=C=CBr)/C=C\[C@H](Cl)CC2=C(Br)C[C@H](C)[C@@H]1O2. The van der Waals surface area contributed by atoms with Crippen LogP contribution in [0.25, 0.3) is 0 Å². The van der Waals surface area contributed by atoms with Crippen molar-refractivity contribution in [3.05, 3.63) is 39.2 Å². The van der Waals surface area contributed by atoms with Gasteiger partial charge in [-0.25, -0.2) is 0 Å². The molecule has 5 heteroatoms. The number of hydrogen-bond acceptors (Lipinski definition) is 2. The van der Waals surface area contributed by atoms with Crippen LogP contribution in [0, 0.1) is 5.92 Å². The van der Waals surface area contributed by atoms with Crippen molar-refractivity contribution < 1.29 is 9.47 Å². The highest BCUT2D eigenvalue weighted by Gasteiger charge is 2.34. The first-order chi connectivity index (χ1) is 10.0. The summed E-state index contributed by atoms with van der Waals surface area (Å²) < 4.78 is 13.4. The number of ether oxygens (including phenoxy) is 2. The zero-order valence-corrected chi connectivity index (χ0v) is 16.0. The van der Waals surface area contributed by atoms with E-state index in [-0.39, 0.29) is 23.7 Å². The van der Waals surface area contributed by atoms with Gasteiger partial charge in [-0.05, 0) is 19.4 Å². The van der Waals surface area contributed by atoms with Gasteiger partial charge < -0.3 is 9.47 Å². The lowest BCUT2D eigenvalue weighted by molar-refractivity contribution is -0.0807. The number of hydrogen-bond donors (Lipinski definition) is 0. The molecule has 0 aromatic heterocycles. The Hall–Kier alpha value is 0.01000. The molecule has 0 radical (unpaired) electrons. The second-order valence-electron chi connectivity index (χ2n) is 5.45. The topological polar surface area (TPSA) is 18.5 Å². The summed E-state index contributed by atoms with van der Waals surface area (Å²) in [5.74, 6) is 1.35. The summed E-state index contributed by atoms with van der Waals surface area (Å²) in [6.07, 6.45) is 7.35. The average molecular weight is 439 g/mol. The Morgan fingerprint density at radius 3 is 2.81 bits per heavy atom. The van der Waals surface area contributed by atoms with Gasteiger partial charge >= 0.3 is 0 Å². The van der Waals surface area contributed by atoms with Crippen LogP contribution in [0.1, 0.15) is 26.7 Å². The number of alkyl halides is 1. The van der Waals surface area contributed by atoms with E-state index in [1.165, 1.54) is 0 Å². The lowest BCUT2D eigenvalue weighted by atomic mass is 9.93. The standard InChI is InChI=1S/C16H19Br2ClO2/c1-10-8-14(18)15-9-12(19)5-6-13(4-3-7-17)20-11(2)16(10)21-15/h4-7,10-13,16H,8-9H2,1-2H3/b6-5-/t3?,10-,11-,12-,13+,16-/m0/s1. The van der Waals surface area contributed by atoms with Crippen molar-refractivity contribution in [1.82, 2.24) is 0 Å². The predicted molar refractivity (Wildman–Crippen MR) is 93.9 cm³/mol. The molecule has 0 aliphatic carbocycles. The predicted octanol–water partition coefficient (Wildman–Crippen LogP) is 5.42. The Balaban J connectivity index is 2.29. The van der Waals surface area contributed by atoms with Crippen LogP contribution in [0.5, 0.6) is 0 Å². The summed E-state index contributed by atoms with van der Waals surface area (Å²) in [5.41, 5.74) is 3.00. The highest BCUT2D eigenvalue weighted by molar-refractivity contribution is 9.11. The summed E-state index contributed by atoms with van der Waals surface area (Å²) in [6.45, 7) is 4.25. The van der Waals surface area contributed by atoms with E-state index in [0.717, 1.165) is 16.7 Å².